The molecule has 0 unspecified atom stereocenters. The van der Waals surface area contributed by atoms with E-state index in [4.69, 9.17) is 21.1 Å². The summed E-state index contributed by atoms with van der Waals surface area (Å²) in [5.41, 5.74) is 1.42. The van der Waals surface area contributed by atoms with E-state index >= 15 is 0 Å². The zero-order chi connectivity index (χ0) is 15.4. The van der Waals surface area contributed by atoms with Crippen LogP contribution in [0.15, 0.2) is 36.4 Å². The van der Waals surface area contributed by atoms with Crippen molar-refractivity contribution in [3.8, 4) is 11.5 Å². The Morgan fingerprint density at radius 3 is 2.57 bits per heavy atom. The highest BCUT2D eigenvalue weighted by molar-refractivity contribution is 6.31. The zero-order valence-corrected chi connectivity index (χ0v) is 12.5. The molecule has 2 aromatic carbocycles. The van der Waals surface area contributed by atoms with Gasteiger partial charge in [0.25, 0.3) is 0 Å². The Bertz CT molecular complexity index is 629. The van der Waals surface area contributed by atoms with Gasteiger partial charge in [-0.1, -0.05) is 23.7 Å². The second kappa shape index (κ2) is 6.78. The van der Waals surface area contributed by atoms with Crippen molar-refractivity contribution in [1.82, 2.24) is 0 Å². The molecular formula is C16H16ClFO3. The molecule has 0 aliphatic rings. The fraction of sp³-hybridized carbons (Fsp3) is 0.250. The van der Waals surface area contributed by atoms with Crippen LogP contribution in [0.4, 0.5) is 4.39 Å². The minimum Gasteiger partial charge on any atom is -0.493 e. The van der Waals surface area contributed by atoms with E-state index in [0.717, 1.165) is 5.56 Å². The molecule has 0 aromatic heterocycles. The lowest BCUT2D eigenvalue weighted by atomic mass is 10.1. The normalized spacial score (nSPS) is 12.0. The average Bonchev–Trinajstić information content (AvgIpc) is 2.46. The van der Waals surface area contributed by atoms with E-state index in [1.807, 2.05) is 0 Å². The summed E-state index contributed by atoms with van der Waals surface area (Å²) in [6.45, 7) is 1.87. The van der Waals surface area contributed by atoms with Crippen LogP contribution in [-0.4, -0.2) is 12.2 Å². The number of aliphatic hydroxyl groups is 1. The summed E-state index contributed by atoms with van der Waals surface area (Å²) >= 11 is 5.95. The topological polar surface area (TPSA) is 38.7 Å². The molecule has 0 spiro atoms. The van der Waals surface area contributed by atoms with E-state index in [1.54, 1.807) is 31.2 Å². The van der Waals surface area contributed by atoms with Crippen molar-refractivity contribution in [2.24, 2.45) is 0 Å². The number of rotatable bonds is 5. The molecule has 0 aliphatic carbocycles. The molecule has 0 bridgehead atoms. The van der Waals surface area contributed by atoms with Crippen molar-refractivity contribution in [2.75, 3.05) is 7.11 Å². The summed E-state index contributed by atoms with van der Waals surface area (Å²) in [5, 5.41) is 9.87. The first-order valence-corrected chi connectivity index (χ1v) is 6.81. The lowest BCUT2D eigenvalue weighted by molar-refractivity contribution is 0.198. The number of halogens is 2. The van der Waals surface area contributed by atoms with Crippen LogP contribution in [0, 0.1) is 5.82 Å². The van der Waals surface area contributed by atoms with Gasteiger partial charge in [-0.3, -0.25) is 0 Å². The van der Waals surface area contributed by atoms with Crippen LogP contribution >= 0.6 is 11.6 Å². The van der Waals surface area contributed by atoms with Gasteiger partial charge in [0, 0.05) is 5.56 Å². The quantitative estimate of drug-likeness (QED) is 0.903. The maximum atomic E-state index is 13.0. The van der Waals surface area contributed by atoms with E-state index < -0.39 is 6.10 Å². The third kappa shape index (κ3) is 3.86. The van der Waals surface area contributed by atoms with Gasteiger partial charge in [0.05, 0.1) is 18.2 Å². The molecule has 0 heterocycles. The summed E-state index contributed by atoms with van der Waals surface area (Å²) < 4.78 is 23.9. The molecule has 21 heavy (non-hydrogen) atoms. The van der Waals surface area contributed by atoms with Gasteiger partial charge in [-0.2, -0.15) is 0 Å². The van der Waals surface area contributed by atoms with Crippen LogP contribution in [0.25, 0.3) is 0 Å². The van der Waals surface area contributed by atoms with Crippen molar-refractivity contribution < 1.29 is 19.0 Å². The first-order valence-electron chi connectivity index (χ1n) is 6.44. The second-order valence-corrected chi connectivity index (χ2v) is 5.02. The Hall–Kier alpha value is -1.78. The summed E-state index contributed by atoms with van der Waals surface area (Å²) in [4.78, 5) is 0. The minimum atomic E-state index is -0.584. The van der Waals surface area contributed by atoms with Crippen LogP contribution in [0.2, 0.25) is 5.02 Å². The number of hydrogen-bond donors (Lipinski definition) is 1. The Morgan fingerprint density at radius 2 is 1.95 bits per heavy atom. The molecule has 0 saturated heterocycles. The largest absolute Gasteiger partial charge is 0.493 e. The average molecular weight is 311 g/mol. The van der Waals surface area contributed by atoms with Crippen LogP contribution < -0.4 is 9.47 Å². The van der Waals surface area contributed by atoms with Gasteiger partial charge >= 0.3 is 0 Å². The number of ether oxygens (including phenoxy) is 2. The van der Waals surface area contributed by atoms with Gasteiger partial charge in [-0.25, -0.2) is 4.39 Å². The number of hydrogen-bond acceptors (Lipinski definition) is 3. The van der Waals surface area contributed by atoms with E-state index in [1.165, 1.54) is 19.2 Å². The van der Waals surface area contributed by atoms with Crippen LogP contribution in [0.3, 0.4) is 0 Å². The smallest absolute Gasteiger partial charge is 0.161 e. The predicted molar refractivity (Wildman–Crippen MR) is 79.4 cm³/mol. The second-order valence-electron chi connectivity index (χ2n) is 4.61. The van der Waals surface area contributed by atoms with Gasteiger partial charge in [-0.15, -0.1) is 0 Å². The van der Waals surface area contributed by atoms with Gasteiger partial charge in [-0.05, 0) is 36.8 Å². The molecular weight excluding hydrogens is 295 g/mol. The highest BCUT2D eigenvalue weighted by atomic mass is 35.5. The van der Waals surface area contributed by atoms with E-state index in [2.05, 4.69) is 0 Å². The fourth-order valence-corrected chi connectivity index (χ4v) is 2.08. The summed E-state index contributed by atoms with van der Waals surface area (Å²) in [5.74, 6) is 0.663. The van der Waals surface area contributed by atoms with E-state index in [0.29, 0.717) is 22.1 Å². The number of aliphatic hydroxyl groups excluding tert-OH is 1. The Balaban J connectivity index is 2.16. The highest BCUT2D eigenvalue weighted by Crippen LogP contribution is 2.31. The van der Waals surface area contributed by atoms with Gasteiger partial charge < -0.3 is 14.6 Å². The van der Waals surface area contributed by atoms with Gasteiger partial charge in [0.2, 0.25) is 0 Å². The molecule has 0 radical (unpaired) electrons. The first kappa shape index (κ1) is 15.6. The molecule has 3 nitrogen and oxygen atoms in total. The highest BCUT2D eigenvalue weighted by Gasteiger charge is 2.10. The third-order valence-corrected chi connectivity index (χ3v) is 3.42. The molecule has 5 heteroatoms. The molecule has 0 fully saturated rings. The van der Waals surface area contributed by atoms with E-state index in [-0.39, 0.29) is 12.4 Å². The summed E-state index contributed by atoms with van der Waals surface area (Å²) in [7, 11) is 1.53. The Morgan fingerprint density at radius 1 is 1.19 bits per heavy atom. The zero-order valence-electron chi connectivity index (χ0n) is 11.8. The first-order chi connectivity index (χ1) is 10.0. The van der Waals surface area contributed by atoms with Gasteiger partial charge in [0.15, 0.2) is 11.5 Å². The summed E-state index contributed by atoms with van der Waals surface area (Å²) in [6, 6.07) is 9.35. The van der Waals surface area contributed by atoms with Crippen molar-refractivity contribution in [1.29, 1.82) is 0 Å². The molecule has 1 atom stereocenters. The molecule has 0 saturated carbocycles. The Labute approximate surface area is 127 Å². The maximum absolute atomic E-state index is 13.0. The molecule has 2 rings (SSSR count). The molecule has 0 aliphatic heterocycles. The standard InChI is InChI=1S/C16H16ClFO3/c1-10(19)11-4-6-15(16(7-11)20-2)21-9-12-3-5-13(18)8-14(12)17/h3-8,10,19H,9H2,1-2H3/t10-/m0/s1. The number of benzene rings is 2. The lowest BCUT2D eigenvalue weighted by Gasteiger charge is -2.14. The fourth-order valence-electron chi connectivity index (χ4n) is 1.86. The SMILES string of the molecule is COc1cc([C@H](C)O)ccc1OCc1ccc(F)cc1Cl. The Kier molecular flexibility index (Phi) is 5.04. The van der Waals surface area contributed by atoms with Crippen LogP contribution in [-0.2, 0) is 6.61 Å². The monoisotopic (exact) mass is 310 g/mol. The van der Waals surface area contributed by atoms with Crippen molar-refractivity contribution in [3.63, 3.8) is 0 Å². The molecule has 0 amide bonds. The van der Waals surface area contributed by atoms with Crippen molar-refractivity contribution in [3.05, 3.63) is 58.4 Å². The maximum Gasteiger partial charge on any atom is 0.161 e. The number of methoxy groups -OCH3 is 1. The predicted octanol–water partition coefficient (Wildman–Crippen LogP) is 4.12. The van der Waals surface area contributed by atoms with Crippen molar-refractivity contribution >= 4 is 11.6 Å². The molecule has 112 valence electrons. The van der Waals surface area contributed by atoms with Crippen LogP contribution in [0.5, 0.6) is 11.5 Å². The molecule has 2 aromatic rings. The molecule has 1 N–H and O–H groups in total. The van der Waals surface area contributed by atoms with E-state index in [9.17, 15) is 9.50 Å². The minimum absolute atomic E-state index is 0.198. The lowest BCUT2D eigenvalue weighted by Crippen LogP contribution is -2.00. The summed E-state index contributed by atoms with van der Waals surface area (Å²) in [6.07, 6.45) is -0.584. The third-order valence-electron chi connectivity index (χ3n) is 3.07. The van der Waals surface area contributed by atoms with Crippen molar-refractivity contribution in [2.45, 2.75) is 19.6 Å². The van der Waals surface area contributed by atoms with Gasteiger partial charge in [0.1, 0.15) is 12.4 Å². The van der Waals surface area contributed by atoms with Crippen LogP contribution in [0.1, 0.15) is 24.2 Å².